The van der Waals surface area contributed by atoms with Crippen molar-refractivity contribution >= 4 is 16.5 Å². The summed E-state index contributed by atoms with van der Waals surface area (Å²) in [6.07, 6.45) is 0.433. The molecular weight excluding hydrogens is 252 g/mol. The fraction of sp³-hybridized carbons (Fsp3) is 0.417. The van der Waals surface area contributed by atoms with E-state index in [1.165, 1.54) is 18.2 Å². The molecule has 5 nitrogen and oxygen atoms in total. The normalized spacial score (nSPS) is 12.7. The van der Waals surface area contributed by atoms with Crippen LogP contribution in [0, 0.1) is 26.9 Å². The highest BCUT2D eigenvalue weighted by Crippen LogP contribution is 2.25. The Kier molecular flexibility index (Phi) is 4.56. The van der Waals surface area contributed by atoms with E-state index in [4.69, 9.17) is 5.26 Å². The van der Waals surface area contributed by atoms with Crippen LogP contribution in [-0.2, 0) is 10.8 Å². The van der Waals surface area contributed by atoms with Crippen molar-refractivity contribution < 1.29 is 9.13 Å². The number of para-hydroxylation sites is 1. The molecule has 0 saturated heterocycles. The number of nitrogens with zero attached hydrogens (tertiary/aromatic N) is 2. The maximum absolute atomic E-state index is 12.0. The van der Waals surface area contributed by atoms with Gasteiger partial charge in [-0.2, -0.15) is 5.26 Å². The Hall–Kier alpha value is -1.74. The quantitative estimate of drug-likeness (QED) is 0.605. The second kappa shape index (κ2) is 5.74. The monoisotopic (exact) mass is 266 g/mol. The van der Waals surface area contributed by atoms with Gasteiger partial charge in [-0.1, -0.05) is 12.1 Å². The summed E-state index contributed by atoms with van der Waals surface area (Å²) in [6, 6.07) is 8.11. The third-order valence-corrected chi connectivity index (χ3v) is 3.93. The molecule has 0 aromatic heterocycles. The van der Waals surface area contributed by atoms with Crippen LogP contribution in [0.1, 0.15) is 20.3 Å². The summed E-state index contributed by atoms with van der Waals surface area (Å²) >= 11 is 0. The van der Waals surface area contributed by atoms with Gasteiger partial charge in [-0.15, -0.1) is 0 Å². The van der Waals surface area contributed by atoms with E-state index < -0.39 is 21.1 Å². The minimum atomic E-state index is -1.46. The van der Waals surface area contributed by atoms with Gasteiger partial charge in [0.25, 0.3) is 5.69 Å². The Labute approximate surface area is 108 Å². The average Bonchev–Trinajstić information content (AvgIpc) is 2.36. The van der Waals surface area contributed by atoms with Gasteiger partial charge >= 0.3 is 0 Å². The summed E-state index contributed by atoms with van der Waals surface area (Å²) in [6.45, 7) is 3.51. The molecular formula is C12H14N2O3S. The molecule has 96 valence electrons. The number of hydrogen-bond donors (Lipinski definition) is 0. The molecule has 1 rings (SSSR count). The fourth-order valence-electron chi connectivity index (χ4n) is 1.31. The number of benzene rings is 1. The molecule has 0 heterocycles. The van der Waals surface area contributed by atoms with Crippen LogP contribution in [0.3, 0.4) is 0 Å². The summed E-state index contributed by atoms with van der Waals surface area (Å²) in [7, 11) is -1.46. The number of rotatable bonds is 5. The number of nitro benzene ring substituents is 1. The van der Waals surface area contributed by atoms with Gasteiger partial charge in [0.15, 0.2) is 0 Å². The summed E-state index contributed by atoms with van der Waals surface area (Å²) in [5, 5.41) is 19.7. The van der Waals surface area contributed by atoms with Gasteiger partial charge in [-0.05, 0) is 26.3 Å². The van der Waals surface area contributed by atoms with Gasteiger partial charge in [0, 0.05) is 11.8 Å². The van der Waals surface area contributed by atoms with E-state index in [-0.39, 0.29) is 16.3 Å². The molecule has 0 saturated carbocycles. The van der Waals surface area contributed by atoms with Crippen LogP contribution in [-0.4, -0.2) is 14.9 Å². The van der Waals surface area contributed by atoms with E-state index in [1.807, 2.05) is 0 Å². The molecule has 0 fully saturated rings. The zero-order chi connectivity index (χ0) is 13.8. The summed E-state index contributed by atoms with van der Waals surface area (Å²) < 4.78 is 12.0. The van der Waals surface area contributed by atoms with Crippen molar-refractivity contribution in [3.8, 4) is 6.07 Å². The van der Waals surface area contributed by atoms with E-state index in [2.05, 4.69) is 6.07 Å². The van der Waals surface area contributed by atoms with Crippen LogP contribution in [0.2, 0.25) is 0 Å². The number of nitriles is 1. The predicted molar refractivity (Wildman–Crippen MR) is 68.4 cm³/mol. The summed E-state index contributed by atoms with van der Waals surface area (Å²) in [5.74, 6) is 0.241. The van der Waals surface area contributed by atoms with Crippen molar-refractivity contribution in [3.05, 3.63) is 34.4 Å². The molecule has 1 unspecified atom stereocenters. The van der Waals surface area contributed by atoms with Crippen LogP contribution >= 0.6 is 0 Å². The summed E-state index contributed by atoms with van der Waals surface area (Å²) in [4.78, 5) is 10.5. The van der Waals surface area contributed by atoms with Gasteiger partial charge in [0.1, 0.15) is 4.90 Å². The fourth-order valence-corrected chi connectivity index (χ4v) is 2.84. The number of hydrogen-bond acceptors (Lipinski definition) is 4. The minimum Gasteiger partial charge on any atom is -0.258 e. The molecule has 1 aromatic carbocycles. The first-order valence-corrected chi connectivity index (χ1v) is 6.72. The first-order valence-electron chi connectivity index (χ1n) is 5.40. The molecule has 0 spiro atoms. The Morgan fingerprint density at radius 1 is 1.44 bits per heavy atom. The molecule has 0 amide bonds. The smallest absolute Gasteiger partial charge is 0.258 e. The lowest BCUT2D eigenvalue weighted by Gasteiger charge is -2.13. The maximum Gasteiger partial charge on any atom is 0.285 e. The van der Waals surface area contributed by atoms with Crippen molar-refractivity contribution in [2.24, 2.45) is 5.41 Å². The third kappa shape index (κ3) is 3.64. The average molecular weight is 266 g/mol. The standard InChI is InChI=1S/C12H14N2O3S/c1-12(2,9-13)7-8-18(17)11-6-4-3-5-10(11)14(15)16/h3-6H,7-8H2,1-2H3. The first-order chi connectivity index (χ1) is 8.37. The Morgan fingerprint density at radius 3 is 2.61 bits per heavy atom. The highest BCUT2D eigenvalue weighted by atomic mass is 32.2. The molecule has 0 radical (unpaired) electrons. The van der Waals surface area contributed by atoms with Crippen LogP contribution in [0.4, 0.5) is 5.69 Å². The Balaban J connectivity index is 2.86. The first kappa shape index (κ1) is 14.3. The van der Waals surface area contributed by atoms with E-state index in [0.717, 1.165) is 0 Å². The number of nitro groups is 1. The molecule has 1 aromatic rings. The van der Waals surface area contributed by atoms with Crippen LogP contribution in [0.25, 0.3) is 0 Å². The van der Waals surface area contributed by atoms with Gasteiger partial charge < -0.3 is 0 Å². The molecule has 0 aliphatic rings. The van der Waals surface area contributed by atoms with Crippen LogP contribution < -0.4 is 0 Å². The van der Waals surface area contributed by atoms with Gasteiger partial charge in [-0.3, -0.25) is 14.3 Å². The lowest BCUT2D eigenvalue weighted by Crippen LogP contribution is -2.13. The SMILES string of the molecule is CC(C)(C#N)CCS(=O)c1ccccc1[N+](=O)[O-]. The molecule has 0 aliphatic heterocycles. The van der Waals surface area contributed by atoms with E-state index >= 15 is 0 Å². The second-order valence-corrected chi connectivity index (χ2v) is 6.06. The molecule has 18 heavy (non-hydrogen) atoms. The third-order valence-electron chi connectivity index (χ3n) is 2.52. The molecule has 6 heteroatoms. The van der Waals surface area contributed by atoms with Gasteiger partial charge in [0.2, 0.25) is 0 Å². The maximum atomic E-state index is 12.0. The zero-order valence-electron chi connectivity index (χ0n) is 10.3. The Bertz CT molecular complexity index is 520. The van der Waals surface area contributed by atoms with Crippen LogP contribution in [0.5, 0.6) is 0 Å². The Morgan fingerprint density at radius 2 is 2.06 bits per heavy atom. The summed E-state index contributed by atoms with van der Waals surface area (Å²) in [5.41, 5.74) is -0.704. The molecule has 0 bridgehead atoms. The lowest BCUT2D eigenvalue weighted by molar-refractivity contribution is -0.387. The van der Waals surface area contributed by atoms with E-state index in [1.54, 1.807) is 19.9 Å². The highest BCUT2D eigenvalue weighted by molar-refractivity contribution is 7.85. The molecule has 1 atom stereocenters. The van der Waals surface area contributed by atoms with Gasteiger partial charge in [0.05, 0.1) is 27.2 Å². The lowest BCUT2D eigenvalue weighted by atomic mass is 9.93. The van der Waals surface area contributed by atoms with Crippen molar-refractivity contribution in [2.75, 3.05) is 5.75 Å². The topological polar surface area (TPSA) is 84.0 Å². The predicted octanol–water partition coefficient (Wildman–Crippen LogP) is 2.64. The van der Waals surface area contributed by atoms with Crippen molar-refractivity contribution in [2.45, 2.75) is 25.2 Å². The minimum absolute atomic E-state index is 0.134. The largest absolute Gasteiger partial charge is 0.285 e. The van der Waals surface area contributed by atoms with Crippen molar-refractivity contribution in [3.63, 3.8) is 0 Å². The molecule has 0 N–H and O–H groups in total. The van der Waals surface area contributed by atoms with Crippen molar-refractivity contribution in [1.82, 2.24) is 0 Å². The molecule has 0 aliphatic carbocycles. The van der Waals surface area contributed by atoms with E-state index in [0.29, 0.717) is 6.42 Å². The van der Waals surface area contributed by atoms with Crippen LogP contribution in [0.15, 0.2) is 29.2 Å². The van der Waals surface area contributed by atoms with Crippen molar-refractivity contribution in [1.29, 1.82) is 5.26 Å². The zero-order valence-corrected chi connectivity index (χ0v) is 11.1. The highest BCUT2D eigenvalue weighted by Gasteiger charge is 2.22. The second-order valence-electron chi connectivity index (χ2n) is 4.52. The van der Waals surface area contributed by atoms with E-state index in [9.17, 15) is 14.3 Å². The van der Waals surface area contributed by atoms with Gasteiger partial charge in [-0.25, -0.2) is 0 Å².